The maximum Gasteiger partial charge on any atom is 0.254 e. The highest BCUT2D eigenvalue weighted by atomic mass is 19.1. The molecule has 210 valence electrons. The number of nitrogens with zero attached hydrogens (tertiary/aromatic N) is 2. The Morgan fingerprint density at radius 2 is 1.68 bits per heavy atom. The topological polar surface area (TPSA) is 110 Å². The van der Waals surface area contributed by atoms with Crippen molar-refractivity contribution in [3.8, 4) is 17.2 Å². The zero-order valence-corrected chi connectivity index (χ0v) is 22.5. The summed E-state index contributed by atoms with van der Waals surface area (Å²) in [5.74, 6) is -2.10. The van der Waals surface area contributed by atoms with Gasteiger partial charge in [-0.05, 0) is 61.4 Å². The van der Waals surface area contributed by atoms with Gasteiger partial charge in [0.1, 0.15) is 22.7 Å². The summed E-state index contributed by atoms with van der Waals surface area (Å²) in [7, 11) is 4.45. The van der Waals surface area contributed by atoms with E-state index in [0.717, 1.165) is 6.07 Å². The molecule has 1 fully saturated rings. The van der Waals surface area contributed by atoms with E-state index < -0.39 is 28.9 Å². The number of aromatic nitrogens is 1. The lowest BCUT2D eigenvalue weighted by Crippen LogP contribution is -2.41. The van der Waals surface area contributed by atoms with Crippen molar-refractivity contribution in [3.63, 3.8) is 0 Å². The number of fused-ring (bicyclic) bond motifs is 1. The van der Waals surface area contributed by atoms with Gasteiger partial charge in [0, 0.05) is 49.2 Å². The number of halogens is 2. The van der Waals surface area contributed by atoms with Gasteiger partial charge in [0.25, 0.3) is 5.91 Å². The molecule has 1 aliphatic carbocycles. The highest BCUT2D eigenvalue weighted by molar-refractivity contribution is 6.17. The lowest BCUT2D eigenvalue weighted by molar-refractivity contribution is -0.132. The number of amides is 3. The monoisotopic (exact) mass is 560 g/mol. The van der Waals surface area contributed by atoms with Crippen LogP contribution in [0, 0.1) is 17.0 Å². The first-order valence-corrected chi connectivity index (χ1v) is 12.7. The van der Waals surface area contributed by atoms with Crippen molar-refractivity contribution < 1.29 is 32.6 Å². The number of methoxy groups -OCH3 is 1. The number of pyridine rings is 1. The second kappa shape index (κ2) is 10.8. The number of benzene rings is 3. The number of nitrogens with one attached hydrogen (secondary N) is 2. The molecule has 3 aromatic carbocycles. The molecule has 0 radical (unpaired) electrons. The number of anilines is 2. The van der Waals surface area contributed by atoms with E-state index in [1.54, 1.807) is 12.1 Å². The van der Waals surface area contributed by atoms with Crippen molar-refractivity contribution in [2.75, 3.05) is 31.4 Å². The van der Waals surface area contributed by atoms with Gasteiger partial charge in [-0.25, -0.2) is 8.78 Å². The van der Waals surface area contributed by atoms with Gasteiger partial charge in [-0.15, -0.1) is 0 Å². The van der Waals surface area contributed by atoms with Gasteiger partial charge < -0.3 is 25.0 Å². The van der Waals surface area contributed by atoms with E-state index in [2.05, 4.69) is 15.6 Å². The van der Waals surface area contributed by atoms with Crippen LogP contribution in [0.15, 0.2) is 66.9 Å². The molecule has 0 aliphatic heterocycles. The van der Waals surface area contributed by atoms with Crippen LogP contribution < -0.4 is 25.0 Å². The largest absolute Gasteiger partial charge is 0.496 e. The van der Waals surface area contributed by atoms with Crippen molar-refractivity contribution in [2.45, 2.75) is 12.8 Å². The van der Waals surface area contributed by atoms with Crippen LogP contribution in [0.25, 0.3) is 10.9 Å². The maximum atomic E-state index is 15.1. The molecule has 3 amide bonds. The summed E-state index contributed by atoms with van der Waals surface area (Å²) in [5.41, 5.74) is 0.0461. The summed E-state index contributed by atoms with van der Waals surface area (Å²) in [5, 5.41) is 5.64. The first-order chi connectivity index (χ1) is 19.7. The molecule has 0 bridgehead atoms. The van der Waals surface area contributed by atoms with Crippen molar-refractivity contribution in [1.29, 1.82) is 0 Å². The average Bonchev–Trinajstić information content (AvgIpc) is 3.79. The molecule has 1 heterocycles. The summed E-state index contributed by atoms with van der Waals surface area (Å²) in [6.45, 7) is 0. The molecule has 1 aromatic heterocycles. The number of carbonyl (C=O) groups excluding carboxylic acids is 3. The van der Waals surface area contributed by atoms with E-state index in [0.29, 0.717) is 35.2 Å². The van der Waals surface area contributed by atoms with E-state index in [-0.39, 0.29) is 28.7 Å². The molecule has 41 heavy (non-hydrogen) atoms. The summed E-state index contributed by atoms with van der Waals surface area (Å²) in [6, 6.07) is 14.0. The van der Waals surface area contributed by atoms with Gasteiger partial charge in [-0.1, -0.05) is 0 Å². The van der Waals surface area contributed by atoms with Gasteiger partial charge in [0.15, 0.2) is 11.6 Å². The number of hydrogen-bond acceptors (Lipinski definition) is 6. The average molecular weight is 561 g/mol. The molecular formula is C30H26F2N4O5. The Kier molecular flexibility index (Phi) is 7.27. The van der Waals surface area contributed by atoms with Gasteiger partial charge in [-0.2, -0.15) is 0 Å². The molecule has 0 spiro atoms. The third kappa shape index (κ3) is 5.25. The normalized spacial score (nSPS) is 13.3. The van der Waals surface area contributed by atoms with Crippen LogP contribution in [0.2, 0.25) is 0 Å². The Bertz CT molecular complexity index is 1670. The van der Waals surface area contributed by atoms with Crippen LogP contribution in [-0.4, -0.2) is 43.9 Å². The smallest absolute Gasteiger partial charge is 0.254 e. The second-order valence-corrected chi connectivity index (χ2v) is 9.58. The minimum atomic E-state index is -1.28. The minimum absolute atomic E-state index is 0.124. The predicted molar refractivity (Wildman–Crippen MR) is 148 cm³/mol. The molecule has 1 saturated carbocycles. The van der Waals surface area contributed by atoms with E-state index in [4.69, 9.17) is 9.47 Å². The highest BCUT2D eigenvalue weighted by Gasteiger charge is 2.57. The van der Waals surface area contributed by atoms with Crippen LogP contribution in [0.1, 0.15) is 23.2 Å². The van der Waals surface area contributed by atoms with Crippen molar-refractivity contribution in [2.24, 2.45) is 5.41 Å². The van der Waals surface area contributed by atoms with E-state index in [9.17, 15) is 18.8 Å². The molecule has 0 saturated heterocycles. The highest BCUT2D eigenvalue weighted by Crippen LogP contribution is 2.48. The molecule has 11 heteroatoms. The van der Waals surface area contributed by atoms with Gasteiger partial charge in [0.05, 0.1) is 18.2 Å². The van der Waals surface area contributed by atoms with Crippen molar-refractivity contribution in [3.05, 3.63) is 84.1 Å². The van der Waals surface area contributed by atoms with Crippen molar-refractivity contribution in [1.82, 2.24) is 10.3 Å². The first-order valence-electron chi connectivity index (χ1n) is 12.7. The number of rotatable bonds is 8. The Morgan fingerprint density at radius 1 is 0.951 bits per heavy atom. The molecule has 4 aromatic rings. The summed E-state index contributed by atoms with van der Waals surface area (Å²) < 4.78 is 39.6. The predicted octanol–water partition coefficient (Wildman–Crippen LogP) is 5.06. The number of hydrogen-bond donors (Lipinski definition) is 2. The zero-order valence-electron chi connectivity index (χ0n) is 22.5. The quantitative estimate of drug-likeness (QED) is 0.292. The maximum absolute atomic E-state index is 15.1. The third-order valence-electron chi connectivity index (χ3n) is 7.02. The van der Waals surface area contributed by atoms with Gasteiger partial charge in [-0.3, -0.25) is 19.4 Å². The van der Waals surface area contributed by atoms with E-state index >= 15 is 4.39 Å². The Balaban J connectivity index is 1.34. The Morgan fingerprint density at radius 3 is 2.32 bits per heavy atom. The lowest BCUT2D eigenvalue weighted by atomic mass is 10.0. The minimum Gasteiger partial charge on any atom is -0.496 e. The molecule has 0 atom stereocenters. The van der Waals surface area contributed by atoms with Crippen LogP contribution in [0.4, 0.5) is 20.2 Å². The number of ether oxygens (including phenoxy) is 2. The third-order valence-corrected chi connectivity index (χ3v) is 7.02. The summed E-state index contributed by atoms with van der Waals surface area (Å²) >= 11 is 0. The van der Waals surface area contributed by atoms with Crippen LogP contribution in [0.3, 0.4) is 0 Å². The molecule has 0 unspecified atom stereocenters. The second-order valence-electron chi connectivity index (χ2n) is 9.58. The van der Waals surface area contributed by atoms with Crippen LogP contribution >= 0.6 is 0 Å². The molecular weight excluding hydrogens is 534 g/mol. The Hall–Kier alpha value is -5.06. The first kappa shape index (κ1) is 27.5. The van der Waals surface area contributed by atoms with Crippen LogP contribution in [-0.2, 0) is 9.59 Å². The molecule has 5 rings (SSSR count). The SMILES string of the molecule is CNC(=O)c1cc2c(Oc3ccc(NC(=O)C4(C(=O)N(C)c5ccc(F)cc5)CC4)cc3F)ccnc2cc1OC. The molecule has 9 nitrogen and oxygen atoms in total. The fourth-order valence-electron chi connectivity index (χ4n) is 4.51. The Labute approximate surface area is 234 Å². The zero-order chi connectivity index (χ0) is 29.3. The van der Waals surface area contributed by atoms with Gasteiger partial charge >= 0.3 is 0 Å². The number of carbonyl (C=O) groups is 3. The summed E-state index contributed by atoms with van der Waals surface area (Å²) in [6.07, 6.45) is 2.16. The van der Waals surface area contributed by atoms with E-state index in [1.807, 2.05) is 0 Å². The fraction of sp³-hybridized carbons (Fsp3) is 0.200. The fourth-order valence-corrected chi connectivity index (χ4v) is 4.51. The molecule has 2 N–H and O–H groups in total. The van der Waals surface area contributed by atoms with Gasteiger partial charge in [0.2, 0.25) is 11.8 Å². The standard InChI is InChI=1S/C30H26F2N4O5/c1-33-27(37)21-15-20-23(16-26(21)40-3)34-13-10-24(20)41-25-9-6-18(14-22(25)32)35-28(38)30(11-12-30)29(39)36(2)19-7-4-17(31)5-8-19/h4-10,13-16H,11-12H2,1-3H3,(H,33,37)(H,35,38). The van der Waals surface area contributed by atoms with E-state index in [1.165, 1.54) is 74.8 Å². The lowest BCUT2D eigenvalue weighted by Gasteiger charge is -2.23. The molecule has 1 aliphatic rings. The van der Waals surface area contributed by atoms with Crippen molar-refractivity contribution >= 4 is 40.0 Å². The summed E-state index contributed by atoms with van der Waals surface area (Å²) in [4.78, 5) is 44.2. The van der Waals surface area contributed by atoms with Crippen LogP contribution in [0.5, 0.6) is 17.2 Å².